The molecule has 0 radical (unpaired) electrons. The Kier molecular flexibility index (Phi) is 8.95. The lowest BCUT2D eigenvalue weighted by Gasteiger charge is -2.65. The van der Waals surface area contributed by atoms with Gasteiger partial charge in [0.05, 0.1) is 16.7 Å². The number of nitrogens with zero attached hydrogens (tertiary/aromatic N) is 12. The van der Waals surface area contributed by atoms with E-state index in [-0.39, 0.29) is 32.5 Å². The third-order valence-electron chi connectivity index (χ3n) is 14.1. The van der Waals surface area contributed by atoms with Crippen molar-refractivity contribution in [3.05, 3.63) is 144 Å². The molecule has 0 spiro atoms. The Morgan fingerprint density at radius 1 is 0.246 bits per heavy atom. The van der Waals surface area contributed by atoms with Crippen LogP contribution in [0, 0.1) is 104 Å². The Labute approximate surface area is 398 Å². The lowest BCUT2D eigenvalue weighted by atomic mass is 9.36. The van der Waals surface area contributed by atoms with Crippen LogP contribution >= 0.6 is 0 Å². The van der Waals surface area contributed by atoms with Gasteiger partial charge in [0.2, 0.25) is 0 Å². The molecule has 9 fully saturated rings. The summed E-state index contributed by atoms with van der Waals surface area (Å²) in [5.41, 5.74) is 5.13. The van der Waals surface area contributed by atoms with Gasteiger partial charge in [-0.2, -0.15) is 0 Å². The number of benzene rings is 1. The van der Waals surface area contributed by atoms with Crippen LogP contribution in [0.4, 0.5) is 0 Å². The van der Waals surface area contributed by atoms with Crippen molar-refractivity contribution in [2.45, 2.75) is 57.8 Å². The molecule has 0 aliphatic heterocycles. The first-order chi connectivity index (χ1) is 33.7. The van der Waals surface area contributed by atoms with Crippen LogP contribution < -0.4 is 0 Å². The van der Waals surface area contributed by atoms with Crippen LogP contribution in [0.1, 0.15) is 91.2 Å². The summed E-state index contributed by atoms with van der Waals surface area (Å²) < 4.78 is 0. The van der Waals surface area contributed by atoms with Crippen LogP contribution in [0.15, 0.2) is 111 Å². The smallest absolute Gasteiger partial charge is 0.197 e. The molecule has 16 rings (SSSR count). The topological polar surface area (TPSA) is 155 Å². The maximum atomic E-state index is 4.43. The van der Waals surface area contributed by atoms with E-state index < -0.39 is 0 Å². The molecule has 0 saturated heterocycles. The second-order valence-corrected chi connectivity index (χ2v) is 19.7. The first-order valence-electron chi connectivity index (χ1n) is 22.9. The lowest BCUT2D eigenvalue weighted by molar-refractivity contribution is -0.113. The Bertz CT molecular complexity index is 3180. The zero-order chi connectivity index (χ0) is 46.0. The van der Waals surface area contributed by atoms with E-state index in [0.717, 1.165) is 91.2 Å². The highest BCUT2D eigenvalue weighted by Crippen LogP contribution is 2.74. The average Bonchev–Trinajstić information content (AvgIpc) is 3.32. The number of aromatic nitrogens is 12. The van der Waals surface area contributed by atoms with Gasteiger partial charge in [0.15, 0.2) is 34.9 Å². The second-order valence-electron chi connectivity index (χ2n) is 19.7. The maximum Gasteiger partial charge on any atom is 0.197 e. The van der Waals surface area contributed by atoms with Crippen LogP contribution in [0.25, 0.3) is 34.9 Å². The summed E-state index contributed by atoms with van der Waals surface area (Å²) in [4.78, 5) is 52.0. The van der Waals surface area contributed by atoms with Crippen molar-refractivity contribution in [1.82, 2.24) is 59.8 Å². The van der Waals surface area contributed by atoms with E-state index in [9.17, 15) is 0 Å². The van der Waals surface area contributed by atoms with Crippen molar-refractivity contribution in [2.24, 2.45) is 32.5 Å². The molecule has 9 aliphatic carbocycles. The summed E-state index contributed by atoms with van der Waals surface area (Å²) in [5.74, 6) is 45.1. The predicted octanol–water partition coefficient (Wildman–Crippen LogP) is 7.15. The van der Waals surface area contributed by atoms with Gasteiger partial charge >= 0.3 is 0 Å². The zero-order valence-electron chi connectivity index (χ0n) is 37.1. The Morgan fingerprint density at radius 2 is 0.435 bits per heavy atom. The predicted molar refractivity (Wildman–Crippen MR) is 253 cm³/mol. The normalized spacial score (nSPS) is 27.1. The minimum absolute atomic E-state index is 0.00115. The summed E-state index contributed by atoms with van der Waals surface area (Å²) >= 11 is 0. The van der Waals surface area contributed by atoms with Crippen molar-refractivity contribution in [3.63, 3.8) is 0 Å². The first-order valence-corrected chi connectivity index (χ1v) is 22.9. The monoisotopic (exact) mass is 888 g/mol. The van der Waals surface area contributed by atoms with Crippen molar-refractivity contribution in [3.8, 4) is 106 Å². The SMILES string of the molecule is C(#CC12CC(C#Cc3cc(C#CC45CC(C#Cc6cnc(-c7ncccn7)nc6)(C4)C5)cc(C#CC45CC(C#Cc6cnc(-c7ncccn7)nc6)(C4)C5)c3)(C1)C2)c1cnc(-c2ncccn2)nc1. The van der Waals surface area contributed by atoms with Crippen molar-refractivity contribution < 1.29 is 0 Å². The quantitative estimate of drug-likeness (QED) is 0.166. The van der Waals surface area contributed by atoms with Gasteiger partial charge in [-0.15, -0.1) is 0 Å². The molecule has 0 atom stereocenters. The Balaban J connectivity index is 0.694. The number of rotatable bonds is 3. The Hall–Kier alpha value is -8.94. The molecule has 6 aromatic heterocycles. The first kappa shape index (κ1) is 40.3. The summed E-state index contributed by atoms with van der Waals surface area (Å²) in [6.45, 7) is 0. The van der Waals surface area contributed by atoms with E-state index in [1.807, 2.05) is 0 Å². The molecular weight excluding hydrogens is 853 g/mol. The number of hydrogen-bond acceptors (Lipinski definition) is 12. The molecule has 69 heavy (non-hydrogen) atoms. The molecule has 0 amide bonds. The summed E-state index contributed by atoms with van der Waals surface area (Å²) in [6.07, 6.45) is 29.2. The number of hydrogen-bond donors (Lipinski definition) is 0. The van der Waals surface area contributed by atoms with E-state index >= 15 is 0 Å². The van der Waals surface area contributed by atoms with Gasteiger partial charge in [-0.1, -0.05) is 71.0 Å². The molecule has 12 nitrogen and oxygen atoms in total. The van der Waals surface area contributed by atoms with Crippen LogP contribution in [0.5, 0.6) is 0 Å². The molecule has 6 bridgehead atoms. The summed E-state index contributed by atoms with van der Waals surface area (Å²) in [5, 5.41) is 0. The highest BCUT2D eigenvalue weighted by molar-refractivity contribution is 5.56. The van der Waals surface area contributed by atoms with Gasteiger partial charge in [0, 0.05) is 124 Å². The van der Waals surface area contributed by atoms with Gasteiger partial charge in [-0.05, 0) is 94.2 Å². The van der Waals surface area contributed by atoms with Crippen LogP contribution in [-0.2, 0) is 0 Å². The fourth-order valence-electron chi connectivity index (χ4n) is 11.0. The van der Waals surface area contributed by atoms with Crippen LogP contribution in [0.2, 0.25) is 0 Å². The minimum Gasteiger partial charge on any atom is -0.234 e. The molecule has 6 heterocycles. The minimum atomic E-state index is -0.00939. The van der Waals surface area contributed by atoms with Crippen LogP contribution in [0.3, 0.4) is 0 Å². The van der Waals surface area contributed by atoms with Crippen LogP contribution in [-0.4, -0.2) is 59.8 Å². The standard InChI is InChI=1S/C57H36N12/c1-16-58-46(59-17-1)49-64-25-43(26-65-49)7-13-55-31-52(32-55,33-55)10-4-40-22-41(5-11-53-34-56(35-53,36-53)14-8-44-27-66-50(67-28-44)47-60-18-2-19-61-47)24-42(23-40)6-12-54-37-57(38-54,39-54)15-9-45-29-68-51(69-30-45)48-62-20-3-21-63-48/h1-3,16-30H,31-39H2. The largest absolute Gasteiger partial charge is 0.234 e. The summed E-state index contributed by atoms with van der Waals surface area (Å²) in [7, 11) is 0. The zero-order valence-corrected chi connectivity index (χ0v) is 37.1. The molecule has 0 unspecified atom stereocenters. The fourth-order valence-corrected chi connectivity index (χ4v) is 11.0. The van der Waals surface area contributed by atoms with E-state index in [4.69, 9.17) is 0 Å². The van der Waals surface area contributed by atoms with E-state index in [0.29, 0.717) is 34.9 Å². The molecule has 9 saturated carbocycles. The van der Waals surface area contributed by atoms with E-state index in [1.165, 1.54) is 0 Å². The second kappa shape index (κ2) is 15.3. The van der Waals surface area contributed by atoms with E-state index in [1.54, 1.807) is 92.6 Å². The van der Waals surface area contributed by atoms with Gasteiger partial charge in [0.25, 0.3) is 0 Å². The fraction of sp³-hybridized carbons (Fsp3) is 0.263. The Morgan fingerprint density at radius 3 is 0.652 bits per heavy atom. The third-order valence-corrected chi connectivity index (χ3v) is 14.1. The van der Waals surface area contributed by atoms with Gasteiger partial charge in [-0.3, -0.25) is 0 Å². The van der Waals surface area contributed by atoms with Gasteiger partial charge < -0.3 is 0 Å². The van der Waals surface area contributed by atoms with Crippen molar-refractivity contribution >= 4 is 0 Å². The third kappa shape index (κ3) is 7.60. The van der Waals surface area contributed by atoms with Gasteiger partial charge in [0.1, 0.15) is 0 Å². The molecule has 12 heteroatoms. The lowest BCUT2D eigenvalue weighted by Crippen LogP contribution is -2.60. The van der Waals surface area contributed by atoms with Gasteiger partial charge in [-0.25, -0.2) is 59.8 Å². The molecule has 9 aliphatic rings. The van der Waals surface area contributed by atoms with Crippen molar-refractivity contribution in [2.75, 3.05) is 0 Å². The molecule has 0 N–H and O–H groups in total. The molecular formula is C57H36N12. The highest BCUT2D eigenvalue weighted by atomic mass is 15.0. The van der Waals surface area contributed by atoms with E-state index in [2.05, 4.69) is 149 Å². The molecule has 1 aromatic carbocycles. The summed E-state index contributed by atoms with van der Waals surface area (Å²) in [6, 6.07) is 11.7. The molecule has 7 aromatic rings. The molecule has 324 valence electrons. The maximum absolute atomic E-state index is 4.43. The van der Waals surface area contributed by atoms with Crippen molar-refractivity contribution in [1.29, 1.82) is 0 Å². The average molecular weight is 889 g/mol. The highest BCUT2D eigenvalue weighted by Gasteiger charge is 2.68.